The molecule has 0 aromatic heterocycles. The SMILES string of the molecule is O=C1N[C@]2(Oc3ccccc3[C@H]3CC(c4ccccc4)=NN32)/C(=C/c2ccc(Br)cc2)S1. The molecule has 1 saturated heterocycles. The lowest BCUT2D eigenvalue weighted by Gasteiger charge is -2.45. The number of halogens is 1. The number of thioether (sulfide) groups is 1. The Hall–Kier alpha value is -3.03. The summed E-state index contributed by atoms with van der Waals surface area (Å²) >= 11 is 4.63. The fourth-order valence-electron chi connectivity index (χ4n) is 4.38. The summed E-state index contributed by atoms with van der Waals surface area (Å²) in [7, 11) is 0. The van der Waals surface area contributed by atoms with Crippen LogP contribution in [0.1, 0.15) is 29.2 Å². The number of nitrogens with zero attached hydrogens (tertiary/aromatic N) is 2. The van der Waals surface area contributed by atoms with Crippen LogP contribution in [0.5, 0.6) is 5.75 Å². The molecule has 1 N–H and O–H groups in total. The first-order valence-corrected chi connectivity index (χ1v) is 11.9. The third-order valence-corrected chi connectivity index (χ3v) is 7.28. The molecule has 158 valence electrons. The molecule has 3 aliphatic rings. The standard InChI is InChI=1S/C25H18BrN3O2S/c26-18-12-10-16(11-13-18)14-23-25(27-24(30)32-23)29-21(19-8-4-5-9-22(19)31-25)15-20(28-29)17-6-2-1-3-7-17/h1-14,21H,15H2,(H,27,30)/b23-14-/t21-,25-/m1/s1. The van der Waals surface area contributed by atoms with Gasteiger partial charge in [0.05, 0.1) is 16.7 Å². The highest BCUT2D eigenvalue weighted by Gasteiger charge is 2.58. The summed E-state index contributed by atoms with van der Waals surface area (Å²) in [6, 6.07) is 26.1. The van der Waals surface area contributed by atoms with E-state index in [9.17, 15) is 4.79 Å². The molecule has 1 fully saturated rings. The first-order chi connectivity index (χ1) is 15.6. The quantitative estimate of drug-likeness (QED) is 0.455. The number of carbonyl (C=O) groups is 1. The van der Waals surface area contributed by atoms with Crippen LogP contribution in [0, 0.1) is 0 Å². The first kappa shape index (κ1) is 19.6. The Bertz CT molecular complexity index is 1280. The number of fused-ring (bicyclic) bond motifs is 4. The number of hydrogen-bond acceptors (Lipinski definition) is 5. The Morgan fingerprint density at radius 1 is 1.06 bits per heavy atom. The fraction of sp³-hybridized carbons (Fsp3) is 0.120. The molecule has 0 aliphatic carbocycles. The van der Waals surface area contributed by atoms with Gasteiger partial charge in [-0.1, -0.05) is 76.6 Å². The largest absolute Gasteiger partial charge is 0.444 e. The monoisotopic (exact) mass is 503 g/mol. The number of carbonyl (C=O) groups excluding carboxylic acids is 1. The molecule has 1 spiro atoms. The summed E-state index contributed by atoms with van der Waals surface area (Å²) in [6.45, 7) is 0. The maximum Gasteiger partial charge on any atom is 0.314 e. The van der Waals surface area contributed by atoms with Crippen molar-refractivity contribution in [2.75, 3.05) is 0 Å². The zero-order valence-corrected chi connectivity index (χ0v) is 19.3. The van der Waals surface area contributed by atoms with E-state index in [1.54, 1.807) is 0 Å². The lowest BCUT2D eigenvalue weighted by atomic mass is 9.95. The van der Waals surface area contributed by atoms with Gasteiger partial charge in [-0.15, -0.1) is 0 Å². The molecule has 3 aliphatic heterocycles. The van der Waals surface area contributed by atoms with Crippen molar-refractivity contribution in [2.45, 2.75) is 18.3 Å². The predicted molar refractivity (Wildman–Crippen MR) is 130 cm³/mol. The number of rotatable bonds is 2. The van der Waals surface area contributed by atoms with Gasteiger partial charge in [-0.05, 0) is 47.2 Å². The summed E-state index contributed by atoms with van der Waals surface area (Å²) in [5.74, 6) is -0.410. The second-order valence-corrected chi connectivity index (χ2v) is 9.77. The lowest BCUT2D eigenvalue weighted by Crippen LogP contribution is -2.61. The van der Waals surface area contributed by atoms with Gasteiger partial charge in [-0.3, -0.25) is 10.1 Å². The van der Waals surface area contributed by atoms with Gasteiger partial charge >= 0.3 is 5.85 Å². The lowest BCUT2D eigenvalue weighted by molar-refractivity contribution is -0.0949. The van der Waals surface area contributed by atoms with Crippen molar-refractivity contribution in [3.63, 3.8) is 0 Å². The van der Waals surface area contributed by atoms with Crippen LogP contribution in [-0.4, -0.2) is 21.8 Å². The fourth-order valence-corrected chi connectivity index (χ4v) is 5.55. The van der Waals surface area contributed by atoms with Crippen molar-refractivity contribution in [3.8, 4) is 5.75 Å². The summed E-state index contributed by atoms with van der Waals surface area (Å²) in [5.41, 5.74) is 4.10. The van der Waals surface area contributed by atoms with Crippen LogP contribution in [0.2, 0.25) is 0 Å². The summed E-state index contributed by atoms with van der Waals surface area (Å²) < 4.78 is 7.55. The van der Waals surface area contributed by atoms with Crippen LogP contribution >= 0.6 is 27.7 Å². The van der Waals surface area contributed by atoms with E-state index in [0.717, 1.165) is 55.7 Å². The molecule has 7 heteroatoms. The van der Waals surface area contributed by atoms with E-state index < -0.39 is 5.85 Å². The maximum atomic E-state index is 12.7. The molecular weight excluding hydrogens is 486 g/mol. The third-order valence-electron chi connectivity index (χ3n) is 5.85. The van der Waals surface area contributed by atoms with Gasteiger partial charge in [0.25, 0.3) is 5.24 Å². The molecule has 6 rings (SSSR count). The van der Waals surface area contributed by atoms with Crippen molar-refractivity contribution in [1.29, 1.82) is 0 Å². The molecule has 32 heavy (non-hydrogen) atoms. The van der Waals surface area contributed by atoms with Crippen LogP contribution in [0.25, 0.3) is 6.08 Å². The van der Waals surface area contributed by atoms with Gasteiger partial charge in [0.2, 0.25) is 0 Å². The van der Waals surface area contributed by atoms with Gasteiger partial charge in [0, 0.05) is 16.5 Å². The average Bonchev–Trinajstić information content (AvgIpc) is 3.39. The van der Waals surface area contributed by atoms with Gasteiger partial charge < -0.3 is 4.74 Å². The smallest absolute Gasteiger partial charge is 0.314 e. The molecule has 0 radical (unpaired) electrons. The van der Waals surface area contributed by atoms with E-state index in [1.165, 1.54) is 0 Å². The van der Waals surface area contributed by atoms with Crippen LogP contribution in [-0.2, 0) is 0 Å². The Labute approximate surface area is 198 Å². The number of nitrogens with one attached hydrogen (secondary N) is 1. The van der Waals surface area contributed by atoms with Gasteiger partial charge in [-0.2, -0.15) is 5.10 Å². The number of benzene rings is 3. The minimum absolute atomic E-state index is 0.0394. The Morgan fingerprint density at radius 3 is 2.62 bits per heavy atom. The van der Waals surface area contributed by atoms with Gasteiger partial charge in [-0.25, -0.2) is 5.01 Å². The molecule has 2 atom stereocenters. The second-order valence-electron chi connectivity index (χ2n) is 7.84. The molecule has 3 aromatic carbocycles. The minimum atomic E-state index is -1.18. The summed E-state index contributed by atoms with van der Waals surface area (Å²) in [6.07, 6.45) is 2.73. The molecule has 3 aromatic rings. The summed E-state index contributed by atoms with van der Waals surface area (Å²) in [4.78, 5) is 13.4. The van der Waals surface area contributed by atoms with E-state index in [4.69, 9.17) is 9.84 Å². The number of hydrogen-bond donors (Lipinski definition) is 1. The van der Waals surface area contributed by atoms with Crippen molar-refractivity contribution in [3.05, 3.63) is 105 Å². The summed E-state index contributed by atoms with van der Waals surface area (Å²) in [5, 5.41) is 9.86. The van der Waals surface area contributed by atoms with E-state index in [1.807, 2.05) is 71.7 Å². The van der Waals surface area contributed by atoms with Crippen molar-refractivity contribution in [1.82, 2.24) is 10.3 Å². The molecule has 0 unspecified atom stereocenters. The van der Waals surface area contributed by atoms with Crippen LogP contribution in [0.3, 0.4) is 0 Å². The third kappa shape index (κ3) is 3.15. The zero-order chi connectivity index (χ0) is 21.7. The van der Waals surface area contributed by atoms with E-state index in [0.29, 0.717) is 0 Å². The van der Waals surface area contributed by atoms with Crippen molar-refractivity contribution < 1.29 is 9.53 Å². The van der Waals surface area contributed by atoms with Gasteiger partial charge in [0.1, 0.15) is 5.75 Å². The number of amides is 1. The molecule has 0 bridgehead atoms. The topological polar surface area (TPSA) is 53.9 Å². The molecular formula is C25H18BrN3O2S. The molecule has 0 saturated carbocycles. The molecule has 5 nitrogen and oxygen atoms in total. The van der Waals surface area contributed by atoms with Crippen LogP contribution in [0.4, 0.5) is 4.79 Å². The molecule has 1 amide bonds. The number of hydrazone groups is 1. The highest BCUT2D eigenvalue weighted by atomic mass is 79.9. The van der Waals surface area contributed by atoms with E-state index in [-0.39, 0.29) is 11.3 Å². The Balaban J connectivity index is 1.51. The number of para-hydroxylation sites is 1. The van der Waals surface area contributed by atoms with Gasteiger partial charge in [0.15, 0.2) is 0 Å². The highest BCUT2D eigenvalue weighted by Crippen LogP contribution is 2.52. The van der Waals surface area contributed by atoms with Crippen molar-refractivity contribution >= 4 is 44.7 Å². The maximum absolute atomic E-state index is 12.7. The Morgan fingerprint density at radius 2 is 1.81 bits per heavy atom. The zero-order valence-electron chi connectivity index (χ0n) is 16.9. The number of ether oxygens (including phenoxy) is 1. The normalized spacial score (nSPS) is 24.7. The Kier molecular flexibility index (Phi) is 4.62. The minimum Gasteiger partial charge on any atom is -0.444 e. The highest BCUT2D eigenvalue weighted by molar-refractivity contribution is 9.10. The van der Waals surface area contributed by atoms with Crippen LogP contribution in [0.15, 0.2) is 93.3 Å². The predicted octanol–water partition coefficient (Wildman–Crippen LogP) is 6.14. The van der Waals surface area contributed by atoms with Crippen molar-refractivity contribution in [2.24, 2.45) is 5.10 Å². The second kappa shape index (κ2) is 7.53. The van der Waals surface area contributed by atoms with E-state index in [2.05, 4.69) is 39.4 Å². The first-order valence-electron chi connectivity index (χ1n) is 10.3. The van der Waals surface area contributed by atoms with Crippen LogP contribution < -0.4 is 10.1 Å². The molecule has 3 heterocycles. The average molecular weight is 504 g/mol. The van der Waals surface area contributed by atoms with E-state index >= 15 is 0 Å².